The van der Waals surface area contributed by atoms with Crippen LogP contribution in [0, 0.1) is 13.8 Å². The zero-order valence-electron chi connectivity index (χ0n) is 12.4. The highest BCUT2D eigenvalue weighted by Gasteiger charge is 2.15. The Morgan fingerprint density at radius 1 is 1.14 bits per heavy atom. The first-order chi connectivity index (χ1) is 10.1. The second kappa shape index (κ2) is 7.28. The first-order valence-electron chi connectivity index (χ1n) is 7.08. The summed E-state index contributed by atoms with van der Waals surface area (Å²) in [6.07, 6.45) is 0.737. The second-order valence-corrected chi connectivity index (χ2v) is 5.64. The fourth-order valence-corrected chi connectivity index (χ4v) is 2.56. The van der Waals surface area contributed by atoms with Gasteiger partial charge in [-0.15, -0.1) is 11.6 Å². The normalized spacial score (nSPS) is 12.0. The van der Waals surface area contributed by atoms with Crippen LogP contribution in [0.2, 0.25) is 0 Å². The molecule has 21 heavy (non-hydrogen) atoms. The molecule has 2 nitrogen and oxygen atoms in total. The van der Waals surface area contributed by atoms with Crippen LogP contribution in [-0.4, -0.2) is 17.8 Å². The minimum absolute atomic E-state index is 0.0610. The van der Waals surface area contributed by atoms with Gasteiger partial charge in [-0.2, -0.15) is 0 Å². The van der Waals surface area contributed by atoms with E-state index in [0.29, 0.717) is 11.4 Å². The molecule has 2 aromatic carbocycles. The summed E-state index contributed by atoms with van der Waals surface area (Å²) in [7, 11) is 0. The quantitative estimate of drug-likeness (QED) is 0.834. The summed E-state index contributed by atoms with van der Waals surface area (Å²) in [5, 5.41) is 3.02. The van der Waals surface area contributed by atoms with Gasteiger partial charge in [0.2, 0.25) is 0 Å². The summed E-state index contributed by atoms with van der Waals surface area (Å²) >= 11 is 6.00. The molecule has 3 heteroatoms. The Balaban J connectivity index is 2.06. The van der Waals surface area contributed by atoms with Crippen LogP contribution < -0.4 is 5.32 Å². The van der Waals surface area contributed by atoms with Crippen molar-refractivity contribution in [2.75, 3.05) is 5.88 Å². The average molecular weight is 302 g/mol. The lowest BCUT2D eigenvalue weighted by atomic mass is 10.0. The Kier molecular flexibility index (Phi) is 5.40. The zero-order valence-corrected chi connectivity index (χ0v) is 13.2. The van der Waals surface area contributed by atoms with Crippen LogP contribution in [0.3, 0.4) is 0 Å². The molecule has 2 aromatic rings. The Morgan fingerprint density at radius 2 is 1.86 bits per heavy atom. The summed E-state index contributed by atoms with van der Waals surface area (Å²) in [5.41, 5.74) is 4.02. The summed E-state index contributed by atoms with van der Waals surface area (Å²) in [5.74, 6) is 0.333. The maximum absolute atomic E-state index is 12.4. The van der Waals surface area contributed by atoms with Crippen LogP contribution in [0.15, 0.2) is 48.5 Å². The van der Waals surface area contributed by atoms with Crippen molar-refractivity contribution in [1.82, 2.24) is 5.32 Å². The number of amides is 1. The molecule has 0 saturated carbocycles. The van der Waals surface area contributed by atoms with E-state index in [2.05, 4.69) is 5.32 Å². The van der Waals surface area contributed by atoms with Gasteiger partial charge in [-0.3, -0.25) is 4.79 Å². The Morgan fingerprint density at radius 3 is 2.48 bits per heavy atom. The first-order valence-corrected chi connectivity index (χ1v) is 7.61. The minimum Gasteiger partial charge on any atom is -0.348 e. The van der Waals surface area contributed by atoms with Crippen molar-refractivity contribution < 1.29 is 4.79 Å². The Bertz CT molecular complexity index is 610. The van der Waals surface area contributed by atoms with Gasteiger partial charge in [-0.25, -0.2) is 0 Å². The number of aryl methyl sites for hydroxylation is 2. The third-order valence-corrected chi connectivity index (χ3v) is 3.85. The Labute approximate surface area is 131 Å². The molecule has 0 bridgehead atoms. The molecule has 0 aliphatic carbocycles. The summed E-state index contributed by atoms with van der Waals surface area (Å²) < 4.78 is 0. The van der Waals surface area contributed by atoms with Crippen molar-refractivity contribution in [2.45, 2.75) is 26.3 Å². The SMILES string of the molecule is Cc1ccc(C(=O)NC(CCl)Cc2ccccc2)c(C)c1. The van der Waals surface area contributed by atoms with Gasteiger partial charge < -0.3 is 5.32 Å². The number of nitrogens with one attached hydrogen (secondary N) is 1. The standard InChI is InChI=1S/C18H20ClNO/c1-13-8-9-17(14(2)10-13)18(21)20-16(12-19)11-15-6-4-3-5-7-15/h3-10,16H,11-12H2,1-2H3,(H,20,21). The van der Waals surface area contributed by atoms with Crippen molar-refractivity contribution in [3.8, 4) is 0 Å². The molecule has 0 radical (unpaired) electrons. The van der Waals surface area contributed by atoms with Crippen molar-refractivity contribution >= 4 is 17.5 Å². The predicted molar refractivity (Wildman–Crippen MR) is 88.0 cm³/mol. The van der Waals surface area contributed by atoms with Crippen LogP contribution in [-0.2, 0) is 6.42 Å². The second-order valence-electron chi connectivity index (χ2n) is 5.33. The smallest absolute Gasteiger partial charge is 0.251 e. The van der Waals surface area contributed by atoms with Crippen LogP contribution >= 0.6 is 11.6 Å². The van der Waals surface area contributed by atoms with E-state index >= 15 is 0 Å². The van der Waals surface area contributed by atoms with E-state index in [4.69, 9.17) is 11.6 Å². The third kappa shape index (κ3) is 4.33. The maximum atomic E-state index is 12.4. The molecule has 0 aromatic heterocycles. The number of carbonyl (C=O) groups excluding carboxylic acids is 1. The van der Waals surface area contributed by atoms with Gasteiger partial charge in [0.1, 0.15) is 0 Å². The number of rotatable bonds is 5. The number of benzene rings is 2. The number of carbonyl (C=O) groups is 1. The molecule has 0 fully saturated rings. The number of hydrogen-bond acceptors (Lipinski definition) is 1. The molecule has 0 heterocycles. The van der Waals surface area contributed by atoms with Crippen LogP contribution in [0.25, 0.3) is 0 Å². The fourth-order valence-electron chi connectivity index (χ4n) is 2.37. The molecule has 1 atom stereocenters. The largest absolute Gasteiger partial charge is 0.348 e. The first kappa shape index (κ1) is 15.6. The minimum atomic E-state index is -0.0673. The van der Waals surface area contributed by atoms with E-state index in [0.717, 1.165) is 17.5 Å². The van der Waals surface area contributed by atoms with Gasteiger partial charge in [0.25, 0.3) is 5.91 Å². The van der Waals surface area contributed by atoms with Crippen molar-refractivity contribution in [3.63, 3.8) is 0 Å². The lowest BCUT2D eigenvalue weighted by Gasteiger charge is -2.17. The van der Waals surface area contributed by atoms with Gasteiger partial charge in [-0.1, -0.05) is 48.0 Å². The lowest BCUT2D eigenvalue weighted by molar-refractivity contribution is 0.0940. The molecule has 0 aliphatic heterocycles. The number of alkyl halides is 1. The highest BCUT2D eigenvalue weighted by molar-refractivity contribution is 6.18. The number of hydrogen-bond donors (Lipinski definition) is 1. The van der Waals surface area contributed by atoms with Crippen molar-refractivity contribution in [3.05, 3.63) is 70.8 Å². The van der Waals surface area contributed by atoms with E-state index in [9.17, 15) is 4.79 Å². The third-order valence-electron chi connectivity index (χ3n) is 3.47. The van der Waals surface area contributed by atoms with Crippen molar-refractivity contribution in [2.24, 2.45) is 0 Å². The monoisotopic (exact) mass is 301 g/mol. The zero-order chi connectivity index (χ0) is 15.2. The summed E-state index contributed by atoms with van der Waals surface area (Å²) in [6.45, 7) is 3.97. The van der Waals surface area contributed by atoms with E-state index in [1.54, 1.807) is 0 Å². The van der Waals surface area contributed by atoms with Crippen molar-refractivity contribution in [1.29, 1.82) is 0 Å². The van der Waals surface area contributed by atoms with Gasteiger partial charge in [-0.05, 0) is 37.5 Å². The van der Waals surface area contributed by atoms with E-state index in [1.165, 1.54) is 5.56 Å². The van der Waals surface area contributed by atoms with E-state index in [1.807, 2.05) is 62.4 Å². The molecule has 110 valence electrons. The van der Waals surface area contributed by atoms with Crippen LogP contribution in [0.5, 0.6) is 0 Å². The molecule has 1 unspecified atom stereocenters. The van der Waals surface area contributed by atoms with Gasteiger partial charge in [0, 0.05) is 17.5 Å². The van der Waals surface area contributed by atoms with Crippen LogP contribution in [0.4, 0.5) is 0 Å². The van der Waals surface area contributed by atoms with E-state index in [-0.39, 0.29) is 11.9 Å². The molecule has 0 spiro atoms. The molecule has 2 rings (SSSR count). The number of halogens is 1. The highest BCUT2D eigenvalue weighted by atomic mass is 35.5. The fraction of sp³-hybridized carbons (Fsp3) is 0.278. The summed E-state index contributed by atoms with van der Waals surface area (Å²) in [6, 6.07) is 15.8. The van der Waals surface area contributed by atoms with Gasteiger partial charge in [0.15, 0.2) is 0 Å². The maximum Gasteiger partial charge on any atom is 0.251 e. The molecule has 1 amide bonds. The predicted octanol–water partition coefficient (Wildman–Crippen LogP) is 3.88. The topological polar surface area (TPSA) is 29.1 Å². The molecule has 0 aliphatic rings. The lowest BCUT2D eigenvalue weighted by Crippen LogP contribution is -2.38. The molecule has 1 N–H and O–H groups in total. The average Bonchev–Trinajstić information content (AvgIpc) is 2.47. The highest BCUT2D eigenvalue weighted by Crippen LogP contribution is 2.12. The molecular weight excluding hydrogens is 282 g/mol. The molecular formula is C18H20ClNO. The van der Waals surface area contributed by atoms with Crippen LogP contribution in [0.1, 0.15) is 27.0 Å². The Hall–Kier alpha value is -1.80. The van der Waals surface area contributed by atoms with E-state index < -0.39 is 0 Å². The summed E-state index contributed by atoms with van der Waals surface area (Å²) in [4.78, 5) is 12.4. The van der Waals surface area contributed by atoms with Gasteiger partial charge in [0.05, 0.1) is 0 Å². The van der Waals surface area contributed by atoms with Gasteiger partial charge >= 0.3 is 0 Å². The molecule has 0 saturated heterocycles.